The Morgan fingerprint density at radius 3 is 2.29 bits per heavy atom. The predicted octanol–water partition coefficient (Wildman–Crippen LogP) is 2.44. The fourth-order valence-corrected chi connectivity index (χ4v) is 2.75. The van der Waals surface area contributed by atoms with Gasteiger partial charge in [0.25, 0.3) is 15.7 Å². The minimum atomic E-state index is -3.78. The van der Waals surface area contributed by atoms with Crippen molar-refractivity contribution >= 4 is 27.1 Å². The molecule has 2 N–H and O–H groups in total. The average Bonchev–Trinajstić information content (AvgIpc) is 2.47. The van der Waals surface area contributed by atoms with Crippen LogP contribution >= 0.6 is 0 Å². The molecule has 2 aromatic rings. The highest BCUT2D eigenvalue weighted by molar-refractivity contribution is 7.92. The summed E-state index contributed by atoms with van der Waals surface area (Å²) in [6.45, 7) is 0. The molecule has 0 unspecified atom stereocenters. The molecule has 7 nitrogen and oxygen atoms in total. The lowest BCUT2D eigenvalue weighted by Crippen LogP contribution is -2.13. The number of hydrogen-bond acceptors (Lipinski definition) is 5. The standard InChI is InChI=1S/C13H13N3O4S/c1-14-10-5-7-13(8-6-10)21(19,20)15-11-3-2-4-12(9-11)16(17)18/h2-9,14-15H,1H3. The Hall–Kier alpha value is -2.61. The van der Waals surface area contributed by atoms with Crippen molar-refractivity contribution in [2.75, 3.05) is 17.1 Å². The zero-order valence-corrected chi connectivity index (χ0v) is 11.9. The first kappa shape index (κ1) is 14.8. The van der Waals surface area contributed by atoms with Crippen LogP contribution < -0.4 is 10.0 Å². The molecule has 0 aliphatic carbocycles. The molecule has 0 saturated heterocycles. The van der Waals surface area contributed by atoms with Gasteiger partial charge in [-0.15, -0.1) is 0 Å². The normalized spacial score (nSPS) is 10.9. The number of sulfonamides is 1. The molecule has 0 aliphatic rings. The Bertz CT molecular complexity index is 757. The van der Waals surface area contributed by atoms with Crippen LogP contribution in [0, 0.1) is 10.1 Å². The predicted molar refractivity (Wildman–Crippen MR) is 79.9 cm³/mol. The molecule has 8 heteroatoms. The van der Waals surface area contributed by atoms with E-state index in [0.29, 0.717) is 0 Å². The maximum atomic E-state index is 12.2. The topological polar surface area (TPSA) is 101 Å². The molecule has 0 aliphatic heterocycles. The Morgan fingerprint density at radius 2 is 1.71 bits per heavy atom. The third kappa shape index (κ3) is 3.48. The maximum Gasteiger partial charge on any atom is 0.271 e. The lowest BCUT2D eigenvalue weighted by atomic mass is 10.3. The molecule has 2 rings (SSSR count). The van der Waals surface area contributed by atoms with Crippen molar-refractivity contribution in [2.45, 2.75) is 4.90 Å². The van der Waals surface area contributed by atoms with Crippen LogP contribution in [0.25, 0.3) is 0 Å². The first-order valence-corrected chi connectivity index (χ1v) is 7.46. The van der Waals surface area contributed by atoms with E-state index >= 15 is 0 Å². The van der Waals surface area contributed by atoms with Gasteiger partial charge in [0, 0.05) is 24.9 Å². The van der Waals surface area contributed by atoms with Crippen molar-refractivity contribution in [1.82, 2.24) is 0 Å². The smallest absolute Gasteiger partial charge is 0.271 e. The van der Waals surface area contributed by atoms with Crippen LogP contribution in [0.15, 0.2) is 53.4 Å². The zero-order chi connectivity index (χ0) is 15.5. The summed E-state index contributed by atoms with van der Waals surface area (Å²) in [6, 6.07) is 11.5. The fraction of sp³-hybridized carbons (Fsp3) is 0.0769. The Balaban J connectivity index is 2.28. The van der Waals surface area contributed by atoms with Crippen molar-refractivity contribution < 1.29 is 13.3 Å². The van der Waals surface area contributed by atoms with Crippen molar-refractivity contribution in [1.29, 1.82) is 0 Å². The monoisotopic (exact) mass is 307 g/mol. The number of rotatable bonds is 5. The number of non-ortho nitro benzene ring substituents is 1. The number of nitrogens with zero attached hydrogens (tertiary/aromatic N) is 1. The van der Waals surface area contributed by atoms with Crippen LogP contribution in [0.4, 0.5) is 17.1 Å². The second-order valence-corrected chi connectivity index (χ2v) is 5.87. The number of nitro groups is 1. The minimum Gasteiger partial charge on any atom is -0.388 e. The van der Waals surface area contributed by atoms with Gasteiger partial charge in [0.05, 0.1) is 15.5 Å². The molecule has 0 amide bonds. The first-order valence-electron chi connectivity index (χ1n) is 5.97. The molecule has 0 saturated carbocycles. The number of anilines is 2. The number of nitrogens with one attached hydrogen (secondary N) is 2. The Kier molecular flexibility index (Phi) is 4.08. The SMILES string of the molecule is CNc1ccc(S(=O)(=O)Nc2cccc([N+](=O)[O-])c2)cc1. The van der Waals surface area contributed by atoms with E-state index in [1.165, 1.54) is 36.4 Å². The summed E-state index contributed by atoms with van der Waals surface area (Å²) in [4.78, 5) is 10.2. The molecule has 21 heavy (non-hydrogen) atoms. The van der Waals surface area contributed by atoms with E-state index in [-0.39, 0.29) is 16.3 Å². The number of benzene rings is 2. The Morgan fingerprint density at radius 1 is 1.05 bits per heavy atom. The van der Waals surface area contributed by atoms with Crippen LogP contribution in [0.5, 0.6) is 0 Å². The van der Waals surface area contributed by atoms with Gasteiger partial charge in [-0.25, -0.2) is 8.42 Å². The third-order valence-corrected chi connectivity index (χ3v) is 4.16. The van der Waals surface area contributed by atoms with Crippen LogP contribution in [-0.2, 0) is 10.0 Å². The van der Waals surface area contributed by atoms with E-state index in [0.717, 1.165) is 5.69 Å². The zero-order valence-electron chi connectivity index (χ0n) is 11.1. The van der Waals surface area contributed by atoms with Gasteiger partial charge in [-0.05, 0) is 30.3 Å². The van der Waals surface area contributed by atoms with Crippen LogP contribution in [0.3, 0.4) is 0 Å². The van der Waals surface area contributed by atoms with Gasteiger partial charge >= 0.3 is 0 Å². The van der Waals surface area contributed by atoms with Gasteiger partial charge in [-0.3, -0.25) is 14.8 Å². The molecule has 0 spiro atoms. The molecule has 0 fully saturated rings. The van der Waals surface area contributed by atoms with Crippen LogP contribution in [0.2, 0.25) is 0 Å². The summed E-state index contributed by atoms with van der Waals surface area (Å²) in [5.74, 6) is 0. The van der Waals surface area contributed by atoms with E-state index in [4.69, 9.17) is 0 Å². The van der Waals surface area contributed by atoms with E-state index in [9.17, 15) is 18.5 Å². The van der Waals surface area contributed by atoms with Gasteiger partial charge < -0.3 is 5.32 Å². The highest BCUT2D eigenvalue weighted by Gasteiger charge is 2.15. The Labute approximate surface area is 121 Å². The van der Waals surface area contributed by atoms with Gasteiger partial charge in [0.2, 0.25) is 0 Å². The summed E-state index contributed by atoms with van der Waals surface area (Å²) in [5, 5.41) is 13.6. The second kappa shape index (κ2) is 5.80. The summed E-state index contributed by atoms with van der Waals surface area (Å²) in [6.07, 6.45) is 0. The minimum absolute atomic E-state index is 0.0769. The fourth-order valence-electron chi connectivity index (χ4n) is 1.70. The summed E-state index contributed by atoms with van der Waals surface area (Å²) in [7, 11) is -2.05. The molecule has 2 aromatic carbocycles. The largest absolute Gasteiger partial charge is 0.388 e. The van der Waals surface area contributed by atoms with Crippen molar-refractivity contribution in [3.63, 3.8) is 0 Å². The quantitative estimate of drug-likeness (QED) is 0.652. The average molecular weight is 307 g/mol. The molecule has 0 aromatic heterocycles. The van der Waals surface area contributed by atoms with E-state index in [1.807, 2.05) is 0 Å². The molecular weight excluding hydrogens is 294 g/mol. The highest BCUT2D eigenvalue weighted by Crippen LogP contribution is 2.21. The van der Waals surface area contributed by atoms with E-state index < -0.39 is 14.9 Å². The molecule has 0 atom stereocenters. The second-order valence-electron chi connectivity index (χ2n) is 4.19. The summed E-state index contributed by atoms with van der Waals surface area (Å²) < 4.78 is 26.7. The maximum absolute atomic E-state index is 12.2. The molecule has 110 valence electrons. The van der Waals surface area contributed by atoms with Gasteiger partial charge in [-0.2, -0.15) is 0 Å². The summed E-state index contributed by atoms with van der Waals surface area (Å²) in [5.41, 5.74) is 0.743. The molecule has 0 radical (unpaired) electrons. The lowest BCUT2D eigenvalue weighted by Gasteiger charge is -2.08. The van der Waals surface area contributed by atoms with Gasteiger partial charge in [0.1, 0.15) is 0 Å². The molecule has 0 bridgehead atoms. The van der Waals surface area contributed by atoms with Crippen molar-refractivity contribution in [3.8, 4) is 0 Å². The number of nitro benzene ring substituents is 1. The van der Waals surface area contributed by atoms with Gasteiger partial charge in [-0.1, -0.05) is 6.07 Å². The van der Waals surface area contributed by atoms with E-state index in [1.54, 1.807) is 19.2 Å². The van der Waals surface area contributed by atoms with Crippen molar-refractivity contribution in [2.24, 2.45) is 0 Å². The van der Waals surface area contributed by atoms with Crippen LogP contribution in [-0.4, -0.2) is 20.4 Å². The highest BCUT2D eigenvalue weighted by atomic mass is 32.2. The summed E-state index contributed by atoms with van der Waals surface area (Å²) >= 11 is 0. The first-order chi connectivity index (χ1) is 9.92. The molecule has 0 heterocycles. The third-order valence-electron chi connectivity index (χ3n) is 2.76. The number of hydrogen-bond donors (Lipinski definition) is 2. The van der Waals surface area contributed by atoms with Crippen LogP contribution in [0.1, 0.15) is 0 Å². The lowest BCUT2D eigenvalue weighted by molar-refractivity contribution is -0.384. The van der Waals surface area contributed by atoms with E-state index in [2.05, 4.69) is 10.0 Å². The molecular formula is C13H13N3O4S. The van der Waals surface area contributed by atoms with Crippen molar-refractivity contribution in [3.05, 3.63) is 58.6 Å². The van der Waals surface area contributed by atoms with Gasteiger partial charge in [0.15, 0.2) is 0 Å².